The largest absolute Gasteiger partial charge is 0.426 e. The highest BCUT2D eigenvalue weighted by molar-refractivity contribution is 6.14. The fourth-order valence-electron chi connectivity index (χ4n) is 3.11. The van der Waals surface area contributed by atoms with Crippen molar-refractivity contribution in [1.82, 2.24) is 10.2 Å². The molecule has 4 nitrogen and oxygen atoms in total. The first-order valence-electron chi connectivity index (χ1n) is 7.80. The minimum Gasteiger partial charge on any atom is -0.426 e. The monoisotopic (exact) mass is 302 g/mol. The van der Waals surface area contributed by atoms with E-state index >= 15 is 0 Å². The number of aromatic amines is 1. The van der Waals surface area contributed by atoms with E-state index in [1.807, 2.05) is 24.4 Å². The summed E-state index contributed by atoms with van der Waals surface area (Å²) in [6, 6.07) is 14.2. The number of aromatic nitrogens is 2. The molecule has 1 aromatic heterocycles. The molecule has 4 heteroatoms. The van der Waals surface area contributed by atoms with Crippen LogP contribution in [0.25, 0.3) is 32.4 Å². The van der Waals surface area contributed by atoms with Crippen molar-refractivity contribution in [3.63, 3.8) is 0 Å². The summed E-state index contributed by atoms with van der Waals surface area (Å²) in [6.45, 7) is 0. The van der Waals surface area contributed by atoms with Crippen LogP contribution in [0.3, 0.4) is 0 Å². The summed E-state index contributed by atoms with van der Waals surface area (Å²) in [4.78, 5) is 12.1. The van der Waals surface area contributed by atoms with Crippen LogP contribution in [0.2, 0.25) is 0 Å². The second-order valence-corrected chi connectivity index (χ2v) is 6.15. The molecule has 0 saturated heterocycles. The van der Waals surface area contributed by atoms with Crippen molar-refractivity contribution < 1.29 is 9.53 Å². The van der Waals surface area contributed by atoms with Crippen LogP contribution in [0, 0.1) is 5.92 Å². The van der Waals surface area contributed by atoms with Gasteiger partial charge in [0.25, 0.3) is 0 Å². The van der Waals surface area contributed by atoms with E-state index in [2.05, 4.69) is 34.5 Å². The number of hydrogen-bond donors (Lipinski definition) is 1. The van der Waals surface area contributed by atoms with E-state index in [1.54, 1.807) is 0 Å². The van der Waals surface area contributed by atoms with Crippen molar-refractivity contribution >= 4 is 38.4 Å². The van der Waals surface area contributed by atoms with Gasteiger partial charge in [-0.1, -0.05) is 24.3 Å². The summed E-state index contributed by atoms with van der Waals surface area (Å²) < 4.78 is 5.69. The minimum absolute atomic E-state index is 0.0841. The Bertz CT molecular complexity index is 1080. The zero-order valence-electron chi connectivity index (χ0n) is 12.4. The molecule has 4 aromatic rings. The fraction of sp³-hybridized carbons (Fsp3) is 0.158. The van der Waals surface area contributed by atoms with Gasteiger partial charge in [0.2, 0.25) is 0 Å². The van der Waals surface area contributed by atoms with E-state index in [0.29, 0.717) is 5.75 Å². The standard InChI is InChI=1S/C19H14N2O2/c22-19(12-5-6-12)23-17-3-1-2-11-4-7-13-9-16-14(10-20-21-16)8-15(13)18(11)17/h1-4,7-10,12H,5-6H2,(H,20,21). The summed E-state index contributed by atoms with van der Waals surface area (Å²) >= 11 is 0. The zero-order valence-corrected chi connectivity index (χ0v) is 12.4. The Morgan fingerprint density at radius 2 is 1.96 bits per heavy atom. The molecule has 1 saturated carbocycles. The van der Waals surface area contributed by atoms with Crippen molar-refractivity contribution in [2.24, 2.45) is 5.92 Å². The topological polar surface area (TPSA) is 55.0 Å². The lowest BCUT2D eigenvalue weighted by Gasteiger charge is -2.10. The van der Waals surface area contributed by atoms with Crippen LogP contribution < -0.4 is 4.74 Å². The minimum atomic E-state index is -0.112. The molecule has 5 rings (SSSR count). The third-order valence-electron chi connectivity index (χ3n) is 4.50. The van der Waals surface area contributed by atoms with Gasteiger partial charge in [0, 0.05) is 10.8 Å². The first-order valence-corrected chi connectivity index (χ1v) is 7.80. The lowest BCUT2D eigenvalue weighted by molar-refractivity contribution is -0.135. The molecule has 1 heterocycles. The number of H-pyrrole nitrogens is 1. The summed E-state index contributed by atoms with van der Waals surface area (Å²) in [5.41, 5.74) is 1.00. The third kappa shape index (κ3) is 1.99. The fourth-order valence-corrected chi connectivity index (χ4v) is 3.11. The number of nitrogens with zero attached hydrogens (tertiary/aromatic N) is 1. The maximum absolute atomic E-state index is 12.1. The summed E-state index contributed by atoms with van der Waals surface area (Å²) in [7, 11) is 0. The number of carbonyl (C=O) groups excluding carboxylic acids is 1. The van der Waals surface area contributed by atoms with Gasteiger partial charge in [-0.25, -0.2) is 0 Å². The molecular formula is C19H14N2O2. The average Bonchev–Trinajstić information content (AvgIpc) is 3.32. The van der Waals surface area contributed by atoms with Crippen molar-refractivity contribution in [3.8, 4) is 5.75 Å². The molecule has 1 fully saturated rings. The van der Waals surface area contributed by atoms with Crippen molar-refractivity contribution in [1.29, 1.82) is 0 Å². The van der Waals surface area contributed by atoms with Crippen LogP contribution in [0.1, 0.15) is 12.8 Å². The smallest absolute Gasteiger partial charge is 0.314 e. The van der Waals surface area contributed by atoms with Crippen LogP contribution >= 0.6 is 0 Å². The molecule has 0 spiro atoms. The lowest BCUT2D eigenvalue weighted by atomic mass is 10.00. The summed E-state index contributed by atoms with van der Waals surface area (Å²) in [5.74, 6) is 0.618. The van der Waals surface area contributed by atoms with Crippen molar-refractivity contribution in [2.45, 2.75) is 12.8 Å². The van der Waals surface area contributed by atoms with Crippen LogP contribution in [0.15, 0.2) is 48.7 Å². The molecule has 0 atom stereocenters. The number of fused-ring (bicyclic) bond motifs is 4. The number of ether oxygens (including phenoxy) is 1. The van der Waals surface area contributed by atoms with E-state index < -0.39 is 0 Å². The number of benzene rings is 3. The highest BCUT2D eigenvalue weighted by Gasteiger charge is 2.32. The van der Waals surface area contributed by atoms with Gasteiger partial charge in [0.05, 0.1) is 17.6 Å². The maximum Gasteiger partial charge on any atom is 0.314 e. The molecule has 1 aliphatic rings. The Kier molecular flexibility index (Phi) is 2.50. The molecule has 0 aliphatic heterocycles. The molecule has 23 heavy (non-hydrogen) atoms. The molecule has 1 aliphatic carbocycles. The van der Waals surface area contributed by atoms with Gasteiger partial charge in [-0.05, 0) is 47.2 Å². The SMILES string of the molecule is O=C(Oc1cccc2ccc3cc4[nH]ncc4cc3c12)C1CC1. The molecule has 0 radical (unpaired) electrons. The quantitative estimate of drug-likeness (QED) is 0.343. The molecule has 0 amide bonds. The highest BCUT2D eigenvalue weighted by Crippen LogP contribution is 2.37. The maximum atomic E-state index is 12.1. The third-order valence-corrected chi connectivity index (χ3v) is 4.50. The van der Waals surface area contributed by atoms with Crippen LogP contribution in [0.5, 0.6) is 5.75 Å². The summed E-state index contributed by atoms with van der Waals surface area (Å²) in [6.07, 6.45) is 3.70. The second-order valence-electron chi connectivity index (χ2n) is 6.15. The number of rotatable bonds is 2. The molecule has 0 bridgehead atoms. The Morgan fingerprint density at radius 1 is 1.09 bits per heavy atom. The molecule has 1 N–H and O–H groups in total. The van der Waals surface area contributed by atoms with Gasteiger partial charge in [-0.3, -0.25) is 9.89 Å². The average molecular weight is 302 g/mol. The van der Waals surface area contributed by atoms with Crippen LogP contribution in [-0.4, -0.2) is 16.2 Å². The van der Waals surface area contributed by atoms with Crippen molar-refractivity contribution in [3.05, 3.63) is 48.7 Å². The predicted octanol–water partition coefficient (Wildman–Crippen LogP) is 4.18. The van der Waals surface area contributed by atoms with Crippen LogP contribution in [0.4, 0.5) is 0 Å². The zero-order chi connectivity index (χ0) is 15.4. The van der Waals surface area contributed by atoms with E-state index in [-0.39, 0.29) is 11.9 Å². The normalized spacial score (nSPS) is 14.6. The second kappa shape index (κ2) is 4.56. The molecule has 0 unspecified atom stereocenters. The summed E-state index contributed by atoms with van der Waals surface area (Å²) in [5, 5.41) is 12.4. The number of hydrogen-bond acceptors (Lipinski definition) is 3. The molecular weight excluding hydrogens is 288 g/mol. The van der Waals surface area contributed by atoms with Gasteiger partial charge < -0.3 is 4.74 Å². The van der Waals surface area contributed by atoms with Gasteiger partial charge in [0.15, 0.2) is 0 Å². The van der Waals surface area contributed by atoms with E-state index in [9.17, 15) is 4.79 Å². The Morgan fingerprint density at radius 3 is 2.83 bits per heavy atom. The first kappa shape index (κ1) is 12.6. The number of esters is 1. The van der Waals surface area contributed by atoms with E-state index in [0.717, 1.165) is 45.3 Å². The van der Waals surface area contributed by atoms with Gasteiger partial charge in [-0.2, -0.15) is 5.10 Å². The number of nitrogens with one attached hydrogen (secondary N) is 1. The lowest BCUT2D eigenvalue weighted by Crippen LogP contribution is -2.09. The van der Waals surface area contributed by atoms with E-state index in [4.69, 9.17) is 4.74 Å². The molecule has 112 valence electrons. The van der Waals surface area contributed by atoms with E-state index in [1.165, 1.54) is 0 Å². The Hall–Kier alpha value is -2.88. The Labute approximate surface area is 132 Å². The van der Waals surface area contributed by atoms with Gasteiger partial charge >= 0.3 is 5.97 Å². The van der Waals surface area contributed by atoms with Gasteiger partial charge in [-0.15, -0.1) is 0 Å². The Balaban J connectivity index is 1.80. The predicted molar refractivity (Wildman–Crippen MR) is 89.5 cm³/mol. The first-order chi connectivity index (χ1) is 11.3. The number of carbonyl (C=O) groups is 1. The van der Waals surface area contributed by atoms with Crippen molar-refractivity contribution in [2.75, 3.05) is 0 Å². The van der Waals surface area contributed by atoms with Gasteiger partial charge in [0.1, 0.15) is 5.75 Å². The van der Waals surface area contributed by atoms with Crippen LogP contribution in [-0.2, 0) is 4.79 Å². The molecule has 3 aromatic carbocycles. The highest BCUT2D eigenvalue weighted by atomic mass is 16.5.